The highest BCUT2D eigenvalue weighted by Gasteiger charge is 2.16. The molecule has 0 atom stereocenters. The number of nitriles is 1. The van der Waals surface area contributed by atoms with Gasteiger partial charge in [-0.1, -0.05) is 13.8 Å². The number of aromatic nitrogens is 1. The van der Waals surface area contributed by atoms with Crippen molar-refractivity contribution in [3.05, 3.63) is 28.6 Å². The molecule has 1 rings (SSSR count). The maximum atomic E-state index is 12.1. The van der Waals surface area contributed by atoms with E-state index in [0.29, 0.717) is 5.92 Å². The summed E-state index contributed by atoms with van der Waals surface area (Å²) in [6.45, 7) is 12.4. The lowest BCUT2D eigenvalue weighted by Gasteiger charge is -2.11. The Balaban J connectivity index is 2.89. The van der Waals surface area contributed by atoms with Gasteiger partial charge in [0.1, 0.15) is 11.6 Å². The number of amides is 1. The molecule has 1 N–H and O–H groups in total. The number of carbonyl (C=O) groups is 2. The second kappa shape index (κ2) is 9.81. The Morgan fingerprint density at radius 2 is 1.96 bits per heavy atom. The molecule has 0 aromatic carbocycles. The van der Waals surface area contributed by atoms with Gasteiger partial charge in [-0.2, -0.15) is 5.26 Å². The summed E-state index contributed by atoms with van der Waals surface area (Å²) in [6, 6.07) is 3.78. The Morgan fingerprint density at radius 3 is 2.50 bits per heavy atom. The van der Waals surface area contributed by atoms with Crippen molar-refractivity contribution in [1.29, 1.82) is 5.26 Å². The van der Waals surface area contributed by atoms with Crippen molar-refractivity contribution in [2.24, 2.45) is 5.92 Å². The first-order valence-electron chi connectivity index (χ1n) is 8.90. The van der Waals surface area contributed by atoms with E-state index in [1.54, 1.807) is 0 Å². The first-order valence-corrected chi connectivity index (χ1v) is 8.90. The second-order valence-electron chi connectivity index (χ2n) is 7.13. The van der Waals surface area contributed by atoms with Crippen LogP contribution >= 0.6 is 0 Å². The maximum absolute atomic E-state index is 12.1. The van der Waals surface area contributed by atoms with Crippen LogP contribution in [0.1, 0.15) is 51.1 Å². The molecule has 1 aromatic heterocycles. The zero-order valence-electron chi connectivity index (χ0n) is 16.5. The van der Waals surface area contributed by atoms with Gasteiger partial charge in [-0.05, 0) is 57.7 Å². The fourth-order valence-corrected chi connectivity index (χ4v) is 2.57. The Morgan fingerprint density at radius 1 is 1.31 bits per heavy atom. The number of carbonyl (C=O) groups excluding carboxylic acids is 2. The molecule has 6 nitrogen and oxygen atoms in total. The molecule has 0 saturated carbocycles. The van der Waals surface area contributed by atoms with Crippen LogP contribution in [0.5, 0.6) is 0 Å². The van der Waals surface area contributed by atoms with Gasteiger partial charge >= 0.3 is 5.97 Å². The molecule has 0 radical (unpaired) electrons. The molecule has 0 fully saturated rings. The summed E-state index contributed by atoms with van der Waals surface area (Å²) in [5.41, 5.74) is 2.77. The number of ether oxygens (including phenoxy) is 1. The normalized spacial score (nSPS) is 11.6. The van der Waals surface area contributed by atoms with E-state index in [9.17, 15) is 14.9 Å². The Bertz CT molecular complexity index is 721. The van der Waals surface area contributed by atoms with E-state index < -0.39 is 18.5 Å². The van der Waals surface area contributed by atoms with Crippen LogP contribution in [0.4, 0.5) is 0 Å². The summed E-state index contributed by atoms with van der Waals surface area (Å²) in [6.07, 6.45) is 2.58. The van der Waals surface area contributed by atoms with Gasteiger partial charge in [-0.3, -0.25) is 4.79 Å². The monoisotopic (exact) mass is 359 g/mol. The first kappa shape index (κ1) is 21.5. The molecule has 0 unspecified atom stereocenters. The number of hydrogen-bond acceptors (Lipinski definition) is 4. The molecule has 0 spiro atoms. The molecule has 0 bridgehead atoms. The minimum Gasteiger partial charge on any atom is -0.451 e. The average Bonchev–Trinajstić information content (AvgIpc) is 2.81. The van der Waals surface area contributed by atoms with Gasteiger partial charge in [0.25, 0.3) is 5.91 Å². The van der Waals surface area contributed by atoms with Gasteiger partial charge in [0.15, 0.2) is 6.61 Å². The molecule has 0 aliphatic carbocycles. The summed E-state index contributed by atoms with van der Waals surface area (Å²) in [5.74, 6) is -0.590. The molecule has 0 saturated heterocycles. The Labute approximate surface area is 155 Å². The fourth-order valence-electron chi connectivity index (χ4n) is 2.57. The van der Waals surface area contributed by atoms with Crippen LogP contribution in [-0.2, 0) is 20.9 Å². The third-order valence-corrected chi connectivity index (χ3v) is 3.97. The van der Waals surface area contributed by atoms with Gasteiger partial charge in [0.05, 0.1) is 0 Å². The summed E-state index contributed by atoms with van der Waals surface area (Å²) in [4.78, 5) is 23.6. The minimum atomic E-state index is -0.793. The largest absolute Gasteiger partial charge is 0.451 e. The third-order valence-electron chi connectivity index (χ3n) is 3.97. The highest BCUT2D eigenvalue weighted by molar-refractivity contribution is 5.99. The van der Waals surface area contributed by atoms with Crippen molar-refractivity contribution in [2.75, 3.05) is 6.61 Å². The highest BCUT2D eigenvalue weighted by Crippen LogP contribution is 2.20. The van der Waals surface area contributed by atoms with Crippen LogP contribution in [0, 0.1) is 31.1 Å². The van der Waals surface area contributed by atoms with E-state index >= 15 is 0 Å². The molecule has 142 valence electrons. The predicted octanol–water partition coefficient (Wildman–Crippen LogP) is 3.13. The molecule has 26 heavy (non-hydrogen) atoms. The van der Waals surface area contributed by atoms with Crippen molar-refractivity contribution < 1.29 is 14.3 Å². The maximum Gasteiger partial charge on any atom is 0.349 e. The lowest BCUT2D eigenvalue weighted by atomic mass is 10.1. The number of hydrogen-bond donors (Lipinski definition) is 1. The van der Waals surface area contributed by atoms with E-state index in [4.69, 9.17) is 4.74 Å². The Hall–Kier alpha value is -2.55. The molecule has 1 amide bonds. The second-order valence-corrected chi connectivity index (χ2v) is 7.13. The van der Waals surface area contributed by atoms with Crippen LogP contribution in [0.25, 0.3) is 6.08 Å². The fraction of sp³-hybridized carbons (Fsp3) is 0.550. The quantitative estimate of drug-likeness (QED) is 0.439. The standard InChI is InChI=1S/C20H29N3O3/c1-13(2)7-8-23-15(5)9-17(16(23)6)10-18(11-21)20(25)26-12-19(24)22-14(3)4/h9-10,13-14H,7-8,12H2,1-6H3,(H,22,24)/b18-10+. The molecule has 1 heterocycles. The highest BCUT2D eigenvalue weighted by atomic mass is 16.5. The predicted molar refractivity (Wildman–Crippen MR) is 101 cm³/mol. The van der Waals surface area contributed by atoms with E-state index in [0.717, 1.165) is 29.9 Å². The smallest absolute Gasteiger partial charge is 0.349 e. The lowest BCUT2D eigenvalue weighted by molar-refractivity contribution is -0.144. The zero-order valence-corrected chi connectivity index (χ0v) is 16.5. The van der Waals surface area contributed by atoms with Crippen LogP contribution in [-0.4, -0.2) is 29.1 Å². The van der Waals surface area contributed by atoms with Crippen LogP contribution in [0.3, 0.4) is 0 Å². The average molecular weight is 359 g/mol. The van der Waals surface area contributed by atoms with E-state index in [2.05, 4.69) is 23.7 Å². The zero-order chi connectivity index (χ0) is 19.9. The summed E-state index contributed by atoms with van der Waals surface area (Å²) < 4.78 is 7.12. The SMILES string of the molecule is Cc1cc(/C=C(\C#N)C(=O)OCC(=O)NC(C)C)c(C)n1CCC(C)C. The lowest BCUT2D eigenvalue weighted by Crippen LogP contribution is -2.34. The van der Waals surface area contributed by atoms with E-state index in [1.165, 1.54) is 6.08 Å². The number of nitrogens with zero attached hydrogens (tertiary/aromatic N) is 2. The van der Waals surface area contributed by atoms with Gasteiger partial charge in [0.2, 0.25) is 0 Å². The van der Waals surface area contributed by atoms with Crippen molar-refractivity contribution in [1.82, 2.24) is 9.88 Å². The van der Waals surface area contributed by atoms with E-state index in [1.807, 2.05) is 39.8 Å². The number of esters is 1. The third kappa shape index (κ3) is 6.40. The van der Waals surface area contributed by atoms with Gasteiger partial charge in [0, 0.05) is 24.0 Å². The molecule has 1 aromatic rings. The topological polar surface area (TPSA) is 84.1 Å². The van der Waals surface area contributed by atoms with Gasteiger partial charge in [-0.25, -0.2) is 4.79 Å². The number of nitrogens with one attached hydrogen (secondary N) is 1. The first-order chi connectivity index (χ1) is 12.1. The molecule has 6 heteroatoms. The molecular formula is C20H29N3O3. The van der Waals surface area contributed by atoms with E-state index in [-0.39, 0.29) is 11.6 Å². The molecule has 0 aliphatic rings. The van der Waals surface area contributed by atoms with Crippen molar-refractivity contribution in [3.63, 3.8) is 0 Å². The van der Waals surface area contributed by atoms with Crippen molar-refractivity contribution in [3.8, 4) is 6.07 Å². The van der Waals surface area contributed by atoms with Crippen molar-refractivity contribution >= 4 is 18.0 Å². The van der Waals surface area contributed by atoms with Crippen LogP contribution < -0.4 is 5.32 Å². The van der Waals surface area contributed by atoms with Gasteiger partial charge in [-0.15, -0.1) is 0 Å². The van der Waals surface area contributed by atoms with Gasteiger partial charge < -0.3 is 14.6 Å². The summed E-state index contributed by atoms with van der Waals surface area (Å²) >= 11 is 0. The van der Waals surface area contributed by atoms with Crippen LogP contribution in [0.2, 0.25) is 0 Å². The van der Waals surface area contributed by atoms with Crippen molar-refractivity contribution in [2.45, 2.75) is 60.5 Å². The number of rotatable bonds is 8. The minimum absolute atomic E-state index is 0.0385. The number of aryl methyl sites for hydroxylation is 1. The van der Waals surface area contributed by atoms with Crippen LogP contribution in [0.15, 0.2) is 11.6 Å². The summed E-state index contributed by atoms with van der Waals surface area (Å²) in [5, 5.41) is 11.9. The Kier molecular flexibility index (Phi) is 8.11. The summed E-state index contributed by atoms with van der Waals surface area (Å²) in [7, 11) is 0. The molecular weight excluding hydrogens is 330 g/mol. The molecule has 0 aliphatic heterocycles.